The summed E-state index contributed by atoms with van der Waals surface area (Å²) in [5, 5.41) is 17.6. The summed E-state index contributed by atoms with van der Waals surface area (Å²) >= 11 is 0.196. The molecule has 1 amide bonds. The van der Waals surface area contributed by atoms with E-state index in [1.54, 1.807) is 18.2 Å². The van der Waals surface area contributed by atoms with Crippen LogP contribution in [0.25, 0.3) is 10.9 Å². The van der Waals surface area contributed by atoms with E-state index in [2.05, 4.69) is 20.5 Å². The van der Waals surface area contributed by atoms with Crippen LogP contribution in [-0.2, 0) is 6.18 Å². The lowest BCUT2D eigenvalue weighted by atomic mass is 10.1. The highest BCUT2D eigenvalue weighted by atomic mass is 32.1. The summed E-state index contributed by atoms with van der Waals surface area (Å²) in [6, 6.07) is 6.28. The van der Waals surface area contributed by atoms with Gasteiger partial charge in [-0.3, -0.25) is 15.1 Å². The summed E-state index contributed by atoms with van der Waals surface area (Å²) in [7, 11) is 0. The molecule has 10 heteroatoms. The van der Waals surface area contributed by atoms with Crippen LogP contribution < -0.4 is 5.32 Å². The molecule has 0 aliphatic carbocycles. The number of halogens is 3. The fraction of sp³-hybridized carbons (Fsp3) is 0.0769. The van der Waals surface area contributed by atoms with Crippen LogP contribution in [0.15, 0.2) is 30.5 Å². The number of rotatable bonds is 2. The second-order valence-electron chi connectivity index (χ2n) is 4.40. The second-order valence-corrected chi connectivity index (χ2v) is 5.38. The molecule has 3 aromatic rings. The number of benzene rings is 1. The first-order chi connectivity index (χ1) is 10.9. The van der Waals surface area contributed by atoms with Gasteiger partial charge in [-0.15, -0.1) is 10.2 Å². The first-order valence-electron chi connectivity index (χ1n) is 6.15. The molecule has 0 fully saturated rings. The number of carbonyl (C=O) groups excluding carboxylic acids is 1. The van der Waals surface area contributed by atoms with Crippen molar-refractivity contribution in [3.05, 3.63) is 41.0 Å². The van der Waals surface area contributed by atoms with Gasteiger partial charge in [0.2, 0.25) is 10.1 Å². The number of aromatic hydroxyl groups is 1. The molecule has 2 heterocycles. The monoisotopic (exact) mass is 340 g/mol. The van der Waals surface area contributed by atoms with Gasteiger partial charge in [-0.2, -0.15) is 13.2 Å². The van der Waals surface area contributed by atoms with Crippen molar-refractivity contribution in [2.45, 2.75) is 6.18 Å². The van der Waals surface area contributed by atoms with E-state index in [0.717, 1.165) is 0 Å². The van der Waals surface area contributed by atoms with Crippen LogP contribution in [0.2, 0.25) is 0 Å². The number of phenols is 1. The average molecular weight is 340 g/mol. The molecule has 23 heavy (non-hydrogen) atoms. The van der Waals surface area contributed by atoms with Crippen LogP contribution in [0, 0.1) is 0 Å². The molecule has 0 spiro atoms. The topological polar surface area (TPSA) is 88.0 Å². The van der Waals surface area contributed by atoms with Crippen LogP contribution in [0.4, 0.5) is 18.3 Å². The van der Waals surface area contributed by atoms with Gasteiger partial charge in [0, 0.05) is 11.6 Å². The predicted octanol–water partition coefficient (Wildman–Crippen LogP) is 3.06. The zero-order valence-corrected chi connectivity index (χ0v) is 11.9. The molecular formula is C13H7F3N4O2S. The molecule has 6 nitrogen and oxygen atoms in total. The molecule has 3 rings (SSSR count). The second kappa shape index (κ2) is 5.47. The lowest BCUT2D eigenvalue weighted by Crippen LogP contribution is -2.12. The third-order valence-corrected chi connectivity index (χ3v) is 3.76. The Morgan fingerprint density at radius 1 is 1.22 bits per heavy atom. The lowest BCUT2D eigenvalue weighted by molar-refractivity contribution is -0.138. The molecule has 0 aliphatic rings. The van der Waals surface area contributed by atoms with Crippen molar-refractivity contribution in [3.63, 3.8) is 0 Å². The van der Waals surface area contributed by atoms with Crippen LogP contribution in [-0.4, -0.2) is 26.2 Å². The number of alkyl halides is 3. The standard InChI is InChI=1S/C13H7F3N4O2S/c14-13(15,16)11-19-20-12(23-11)18-10(22)7-4-3-6-2-1-5-17-8(6)9(7)21/h1-5,21H,(H,18,20,22). The third kappa shape index (κ3) is 2.93. The summed E-state index contributed by atoms with van der Waals surface area (Å²) in [5.41, 5.74) is 0.0911. The lowest BCUT2D eigenvalue weighted by Gasteiger charge is -2.06. The third-order valence-electron chi connectivity index (χ3n) is 2.88. The number of hydrogen-bond donors (Lipinski definition) is 2. The highest BCUT2D eigenvalue weighted by Gasteiger charge is 2.35. The molecule has 0 radical (unpaired) electrons. The molecule has 0 aliphatic heterocycles. The number of aromatic nitrogens is 3. The van der Waals surface area contributed by atoms with Crippen molar-refractivity contribution in [2.75, 3.05) is 5.32 Å². The minimum atomic E-state index is -4.63. The Morgan fingerprint density at radius 3 is 2.70 bits per heavy atom. The Morgan fingerprint density at radius 2 is 2.00 bits per heavy atom. The number of anilines is 1. The van der Waals surface area contributed by atoms with Gasteiger partial charge in [0.05, 0.1) is 5.56 Å². The number of pyridine rings is 1. The Bertz CT molecular complexity index is 894. The number of nitrogens with one attached hydrogen (secondary N) is 1. The first-order valence-corrected chi connectivity index (χ1v) is 6.96. The average Bonchev–Trinajstić information content (AvgIpc) is 2.96. The number of fused-ring (bicyclic) bond motifs is 1. The zero-order chi connectivity index (χ0) is 16.6. The largest absolute Gasteiger partial charge is 0.505 e. The number of hydrogen-bond acceptors (Lipinski definition) is 6. The molecule has 2 aromatic heterocycles. The van der Waals surface area contributed by atoms with Crippen molar-refractivity contribution in [1.82, 2.24) is 15.2 Å². The van der Waals surface area contributed by atoms with Gasteiger partial charge in [0.1, 0.15) is 5.52 Å². The minimum Gasteiger partial charge on any atom is -0.505 e. The van der Waals surface area contributed by atoms with Gasteiger partial charge in [0.25, 0.3) is 5.91 Å². The number of carbonyl (C=O) groups is 1. The van der Waals surface area contributed by atoms with E-state index in [4.69, 9.17) is 0 Å². The Balaban J connectivity index is 1.89. The maximum Gasteiger partial charge on any atom is 0.445 e. The molecule has 0 saturated heterocycles. The van der Waals surface area contributed by atoms with Gasteiger partial charge in [-0.05, 0) is 12.1 Å². The van der Waals surface area contributed by atoms with Crippen LogP contribution in [0.1, 0.15) is 15.4 Å². The highest BCUT2D eigenvalue weighted by Crippen LogP contribution is 2.33. The number of nitrogens with zero attached hydrogens (tertiary/aromatic N) is 3. The van der Waals surface area contributed by atoms with Crippen LogP contribution in [0.3, 0.4) is 0 Å². The number of amides is 1. The summed E-state index contributed by atoms with van der Waals surface area (Å²) in [4.78, 5) is 16.1. The smallest absolute Gasteiger partial charge is 0.445 e. The van der Waals surface area contributed by atoms with Crippen LogP contribution in [0.5, 0.6) is 5.75 Å². The highest BCUT2D eigenvalue weighted by molar-refractivity contribution is 7.15. The van der Waals surface area contributed by atoms with E-state index < -0.39 is 17.1 Å². The summed E-state index contributed by atoms with van der Waals surface area (Å²) in [5.74, 6) is -1.17. The molecule has 1 aromatic carbocycles. The van der Waals surface area contributed by atoms with Crippen molar-refractivity contribution in [3.8, 4) is 5.75 Å². The first kappa shape index (κ1) is 15.2. The molecule has 118 valence electrons. The minimum absolute atomic E-state index is 0.125. The summed E-state index contributed by atoms with van der Waals surface area (Å²) in [6.07, 6.45) is -3.18. The van der Waals surface area contributed by atoms with Gasteiger partial charge in [-0.1, -0.05) is 23.5 Å². The SMILES string of the molecule is O=C(Nc1nnc(C(F)(F)F)s1)c1ccc2cccnc2c1O. The Labute approximate surface area is 130 Å². The molecule has 0 bridgehead atoms. The van der Waals surface area contributed by atoms with Gasteiger partial charge in [-0.25, -0.2) is 0 Å². The fourth-order valence-electron chi connectivity index (χ4n) is 1.87. The maximum atomic E-state index is 12.4. The van der Waals surface area contributed by atoms with Crippen LogP contribution >= 0.6 is 11.3 Å². The van der Waals surface area contributed by atoms with Crippen molar-refractivity contribution in [2.24, 2.45) is 0 Å². The van der Waals surface area contributed by atoms with E-state index in [0.29, 0.717) is 5.39 Å². The summed E-state index contributed by atoms with van der Waals surface area (Å²) < 4.78 is 37.3. The van der Waals surface area contributed by atoms with Crippen molar-refractivity contribution >= 4 is 33.3 Å². The fourth-order valence-corrected chi connectivity index (χ4v) is 2.47. The molecule has 0 saturated carbocycles. The van der Waals surface area contributed by atoms with E-state index in [-0.39, 0.29) is 33.3 Å². The van der Waals surface area contributed by atoms with E-state index in [9.17, 15) is 23.1 Å². The maximum absolute atomic E-state index is 12.4. The van der Waals surface area contributed by atoms with Gasteiger partial charge < -0.3 is 5.11 Å². The Kier molecular flexibility index (Phi) is 3.60. The van der Waals surface area contributed by atoms with Crippen molar-refractivity contribution in [1.29, 1.82) is 0 Å². The molecule has 2 N–H and O–H groups in total. The normalized spacial score (nSPS) is 11.6. The van der Waals surface area contributed by atoms with Gasteiger partial charge in [0.15, 0.2) is 5.75 Å². The molecule has 0 atom stereocenters. The van der Waals surface area contributed by atoms with E-state index in [1.165, 1.54) is 12.3 Å². The van der Waals surface area contributed by atoms with Gasteiger partial charge >= 0.3 is 6.18 Å². The predicted molar refractivity (Wildman–Crippen MR) is 76.3 cm³/mol. The molecular weight excluding hydrogens is 333 g/mol. The van der Waals surface area contributed by atoms with Crippen molar-refractivity contribution < 1.29 is 23.1 Å². The molecule has 0 unspecified atom stereocenters. The zero-order valence-electron chi connectivity index (χ0n) is 11.1. The quantitative estimate of drug-likeness (QED) is 0.748. The summed E-state index contributed by atoms with van der Waals surface area (Å²) in [6.45, 7) is 0. The van der Waals surface area contributed by atoms with E-state index >= 15 is 0 Å². The van der Waals surface area contributed by atoms with E-state index in [1.807, 2.05) is 0 Å². The number of phenolic OH excluding ortho intramolecular Hbond substituents is 1. The Hall–Kier alpha value is -2.75.